The fourth-order valence-corrected chi connectivity index (χ4v) is 1.92. The highest BCUT2D eigenvalue weighted by Crippen LogP contribution is 2.26. The van der Waals surface area contributed by atoms with Crippen molar-refractivity contribution in [2.45, 2.75) is 18.9 Å². The van der Waals surface area contributed by atoms with Crippen molar-refractivity contribution in [1.29, 1.82) is 0 Å². The van der Waals surface area contributed by atoms with E-state index in [1.807, 2.05) is 0 Å². The number of aromatic amines is 1. The van der Waals surface area contributed by atoms with E-state index in [2.05, 4.69) is 10.1 Å². The van der Waals surface area contributed by atoms with E-state index in [1.165, 1.54) is 4.52 Å². The van der Waals surface area contributed by atoms with E-state index in [1.54, 1.807) is 18.3 Å². The Morgan fingerprint density at radius 2 is 2.53 bits per heavy atom. The van der Waals surface area contributed by atoms with Gasteiger partial charge in [-0.05, 0) is 12.8 Å². The molecule has 5 nitrogen and oxygen atoms in total. The van der Waals surface area contributed by atoms with Crippen molar-refractivity contribution in [3.63, 3.8) is 0 Å². The quantitative estimate of drug-likeness (QED) is 0.751. The Hall–Kier alpha value is -1.62. The van der Waals surface area contributed by atoms with Crippen LogP contribution in [0.15, 0.2) is 23.1 Å². The number of aromatic nitrogens is 3. The zero-order valence-electron chi connectivity index (χ0n) is 8.14. The summed E-state index contributed by atoms with van der Waals surface area (Å²) < 4.78 is 6.91. The summed E-state index contributed by atoms with van der Waals surface area (Å²) in [5.41, 5.74) is 1.31. The predicted octanol–water partition coefficient (Wildman–Crippen LogP) is 0.874. The van der Waals surface area contributed by atoms with Gasteiger partial charge in [0.15, 0.2) is 5.65 Å². The van der Waals surface area contributed by atoms with Crippen molar-refractivity contribution < 1.29 is 4.74 Å². The van der Waals surface area contributed by atoms with Gasteiger partial charge in [-0.2, -0.15) is 0 Å². The largest absolute Gasteiger partial charge is 0.372 e. The Labute approximate surface area is 85.7 Å². The van der Waals surface area contributed by atoms with Crippen molar-refractivity contribution in [3.8, 4) is 0 Å². The SMILES string of the molecule is O=c1cc([C@H]2CCCO2)nc2cc[nH]n12. The second kappa shape index (κ2) is 3.20. The highest BCUT2D eigenvalue weighted by atomic mass is 16.5. The molecule has 1 fully saturated rings. The molecule has 2 aromatic heterocycles. The lowest BCUT2D eigenvalue weighted by molar-refractivity contribution is 0.108. The van der Waals surface area contributed by atoms with Gasteiger partial charge in [0.25, 0.3) is 5.56 Å². The first kappa shape index (κ1) is 8.67. The van der Waals surface area contributed by atoms with Gasteiger partial charge >= 0.3 is 0 Å². The van der Waals surface area contributed by atoms with Gasteiger partial charge in [-0.3, -0.25) is 9.89 Å². The van der Waals surface area contributed by atoms with Crippen LogP contribution in [-0.4, -0.2) is 21.2 Å². The van der Waals surface area contributed by atoms with Crippen LogP contribution in [-0.2, 0) is 4.74 Å². The van der Waals surface area contributed by atoms with Crippen molar-refractivity contribution >= 4 is 5.65 Å². The van der Waals surface area contributed by atoms with E-state index in [4.69, 9.17) is 4.74 Å². The van der Waals surface area contributed by atoms with E-state index in [-0.39, 0.29) is 11.7 Å². The Kier molecular flexibility index (Phi) is 1.85. The van der Waals surface area contributed by atoms with Gasteiger partial charge in [0.05, 0.1) is 11.8 Å². The van der Waals surface area contributed by atoms with Crippen LogP contribution in [0.5, 0.6) is 0 Å². The molecule has 3 heterocycles. The maximum atomic E-state index is 11.7. The van der Waals surface area contributed by atoms with Crippen LogP contribution in [0.4, 0.5) is 0 Å². The number of fused-ring (bicyclic) bond motifs is 1. The molecule has 1 atom stereocenters. The monoisotopic (exact) mass is 205 g/mol. The highest BCUT2D eigenvalue weighted by molar-refractivity contribution is 5.36. The second-order valence-corrected chi connectivity index (χ2v) is 3.68. The first-order valence-corrected chi connectivity index (χ1v) is 5.03. The number of nitrogens with one attached hydrogen (secondary N) is 1. The molecule has 0 spiro atoms. The lowest BCUT2D eigenvalue weighted by Crippen LogP contribution is -2.16. The Balaban J connectivity index is 2.15. The third-order valence-electron chi connectivity index (χ3n) is 2.66. The van der Waals surface area contributed by atoms with Crippen molar-refractivity contribution in [1.82, 2.24) is 14.6 Å². The van der Waals surface area contributed by atoms with Crippen LogP contribution < -0.4 is 5.56 Å². The molecule has 0 bridgehead atoms. The average molecular weight is 205 g/mol. The standard InChI is InChI=1S/C10H11N3O2/c14-10-6-7(8-2-1-5-15-8)12-9-3-4-11-13(9)10/h3-4,6,8,11H,1-2,5H2/t8-/m1/s1. The topological polar surface area (TPSA) is 59.4 Å². The average Bonchev–Trinajstić information content (AvgIpc) is 2.88. The summed E-state index contributed by atoms with van der Waals surface area (Å²) in [4.78, 5) is 16.0. The third-order valence-corrected chi connectivity index (χ3v) is 2.66. The minimum Gasteiger partial charge on any atom is -0.372 e. The zero-order valence-corrected chi connectivity index (χ0v) is 8.14. The van der Waals surface area contributed by atoms with Crippen LogP contribution >= 0.6 is 0 Å². The van der Waals surface area contributed by atoms with E-state index < -0.39 is 0 Å². The molecule has 5 heteroatoms. The van der Waals surface area contributed by atoms with Gasteiger partial charge in [-0.15, -0.1) is 0 Å². The van der Waals surface area contributed by atoms with Gasteiger partial charge in [0.1, 0.15) is 0 Å². The molecule has 15 heavy (non-hydrogen) atoms. The van der Waals surface area contributed by atoms with E-state index in [0.29, 0.717) is 5.65 Å². The number of nitrogens with zero attached hydrogens (tertiary/aromatic N) is 2. The van der Waals surface area contributed by atoms with Crippen molar-refractivity contribution in [2.75, 3.05) is 6.61 Å². The first-order valence-electron chi connectivity index (χ1n) is 5.03. The summed E-state index contributed by atoms with van der Waals surface area (Å²) in [6.45, 7) is 0.763. The minimum atomic E-state index is -0.0875. The molecule has 1 N–H and O–H groups in total. The normalized spacial score (nSPS) is 21.2. The maximum Gasteiger partial charge on any atom is 0.272 e. The molecule has 1 saturated heterocycles. The summed E-state index contributed by atoms with van der Waals surface area (Å²) in [5, 5.41) is 2.81. The van der Waals surface area contributed by atoms with Crippen LogP contribution in [0.1, 0.15) is 24.6 Å². The fraction of sp³-hybridized carbons (Fsp3) is 0.400. The maximum absolute atomic E-state index is 11.7. The molecular weight excluding hydrogens is 194 g/mol. The number of H-pyrrole nitrogens is 1. The number of rotatable bonds is 1. The Morgan fingerprint density at radius 3 is 3.33 bits per heavy atom. The van der Waals surface area contributed by atoms with Crippen molar-refractivity contribution in [2.24, 2.45) is 0 Å². The molecule has 78 valence electrons. The molecule has 2 aromatic rings. The van der Waals surface area contributed by atoms with E-state index >= 15 is 0 Å². The van der Waals surface area contributed by atoms with E-state index in [0.717, 1.165) is 25.1 Å². The van der Waals surface area contributed by atoms with Crippen LogP contribution in [0, 0.1) is 0 Å². The third kappa shape index (κ3) is 1.35. The van der Waals surface area contributed by atoms with Gasteiger partial charge in [-0.1, -0.05) is 0 Å². The molecule has 3 rings (SSSR count). The molecule has 0 amide bonds. The smallest absolute Gasteiger partial charge is 0.272 e. The molecule has 0 aromatic carbocycles. The zero-order chi connectivity index (χ0) is 10.3. The van der Waals surface area contributed by atoms with Crippen LogP contribution in [0.3, 0.4) is 0 Å². The van der Waals surface area contributed by atoms with Gasteiger partial charge < -0.3 is 4.74 Å². The number of hydrogen-bond acceptors (Lipinski definition) is 3. The molecular formula is C10H11N3O2. The Bertz CT molecular complexity index is 537. The highest BCUT2D eigenvalue weighted by Gasteiger charge is 2.20. The first-order chi connectivity index (χ1) is 7.34. The summed E-state index contributed by atoms with van der Waals surface area (Å²) in [5.74, 6) is 0. The minimum absolute atomic E-state index is 0.00222. The van der Waals surface area contributed by atoms with Gasteiger partial charge in [0, 0.05) is 24.9 Å². The lowest BCUT2D eigenvalue weighted by Gasteiger charge is -2.07. The summed E-state index contributed by atoms with van der Waals surface area (Å²) in [7, 11) is 0. The summed E-state index contributed by atoms with van der Waals surface area (Å²) in [6, 6.07) is 3.32. The van der Waals surface area contributed by atoms with Gasteiger partial charge in [-0.25, -0.2) is 9.50 Å². The molecule has 0 unspecified atom stereocenters. The number of hydrogen-bond donors (Lipinski definition) is 1. The molecule has 0 aliphatic carbocycles. The van der Waals surface area contributed by atoms with Crippen molar-refractivity contribution in [3.05, 3.63) is 34.4 Å². The van der Waals surface area contributed by atoms with Gasteiger partial charge in [0.2, 0.25) is 0 Å². The molecule has 0 saturated carbocycles. The summed E-state index contributed by atoms with van der Waals surface area (Å²) >= 11 is 0. The predicted molar refractivity (Wildman–Crippen MR) is 53.7 cm³/mol. The van der Waals surface area contributed by atoms with Crippen LogP contribution in [0.25, 0.3) is 5.65 Å². The Morgan fingerprint density at radius 1 is 1.60 bits per heavy atom. The fourth-order valence-electron chi connectivity index (χ4n) is 1.92. The number of ether oxygens (including phenoxy) is 1. The van der Waals surface area contributed by atoms with E-state index in [9.17, 15) is 4.79 Å². The molecule has 1 aliphatic rings. The molecule has 0 radical (unpaired) electrons. The second-order valence-electron chi connectivity index (χ2n) is 3.68. The molecule has 1 aliphatic heterocycles. The van der Waals surface area contributed by atoms with Crippen LogP contribution in [0.2, 0.25) is 0 Å². The summed E-state index contributed by atoms with van der Waals surface area (Å²) in [6.07, 6.45) is 3.69. The lowest BCUT2D eigenvalue weighted by atomic mass is 10.2.